The largest absolute Gasteiger partial charge is 0.481 e. The number of ether oxygens (including phenoxy) is 2. The minimum absolute atomic E-state index is 0.0812. The first kappa shape index (κ1) is 30.8. The van der Waals surface area contributed by atoms with E-state index in [1.165, 1.54) is 6.92 Å². The maximum absolute atomic E-state index is 13.3. The first-order valence-electron chi connectivity index (χ1n) is 12.9. The van der Waals surface area contributed by atoms with Crippen LogP contribution in [0.4, 0.5) is 0 Å². The van der Waals surface area contributed by atoms with Crippen LogP contribution >= 0.6 is 23.2 Å². The van der Waals surface area contributed by atoms with Gasteiger partial charge in [-0.25, -0.2) is 4.79 Å². The van der Waals surface area contributed by atoms with Crippen molar-refractivity contribution >= 4 is 63.8 Å². The number of methoxy groups -OCH3 is 1. The van der Waals surface area contributed by atoms with Crippen molar-refractivity contribution in [2.24, 2.45) is 23.7 Å². The highest BCUT2D eigenvalue weighted by atomic mass is 35.5. The Balaban J connectivity index is 1.59. The summed E-state index contributed by atoms with van der Waals surface area (Å²) in [4.78, 5) is 62.6. The van der Waals surface area contributed by atoms with Gasteiger partial charge in [0.25, 0.3) is 0 Å². The second kappa shape index (κ2) is 12.8. The van der Waals surface area contributed by atoms with Gasteiger partial charge in [-0.15, -0.1) is 0 Å². The van der Waals surface area contributed by atoms with E-state index in [1.807, 2.05) is 24.3 Å². The summed E-state index contributed by atoms with van der Waals surface area (Å²) in [5.74, 6) is -12.0. The van der Waals surface area contributed by atoms with Crippen LogP contribution in [0.3, 0.4) is 0 Å². The minimum atomic E-state index is -1.61. The molecule has 1 fully saturated rings. The zero-order valence-corrected chi connectivity index (χ0v) is 24.0. The lowest BCUT2D eigenvalue weighted by molar-refractivity contribution is -0.188. The molecule has 1 aliphatic carbocycles. The first-order valence-corrected chi connectivity index (χ1v) is 13.7. The third kappa shape index (κ3) is 6.34. The molecule has 0 heterocycles. The average molecular weight is 616 g/mol. The smallest absolute Gasteiger partial charge is 0.338 e. The van der Waals surface area contributed by atoms with Gasteiger partial charge in [0.2, 0.25) is 5.91 Å². The molecule has 0 aromatic heterocycles. The normalized spacial score (nSPS) is 21.0. The first-order chi connectivity index (χ1) is 19.9. The number of rotatable bonds is 10. The molecule has 12 heteroatoms. The van der Waals surface area contributed by atoms with E-state index in [-0.39, 0.29) is 17.0 Å². The molecule has 3 aromatic carbocycles. The van der Waals surface area contributed by atoms with Gasteiger partial charge in [-0.05, 0) is 47.5 Å². The summed E-state index contributed by atoms with van der Waals surface area (Å²) in [5.41, 5.74) is 0.895. The molecule has 220 valence electrons. The van der Waals surface area contributed by atoms with Crippen molar-refractivity contribution in [3.8, 4) is 0 Å². The van der Waals surface area contributed by atoms with Gasteiger partial charge in [-0.1, -0.05) is 59.6 Å². The second-order valence-electron chi connectivity index (χ2n) is 10.1. The minimum Gasteiger partial charge on any atom is -0.481 e. The number of carbonyl (C=O) groups is 5. The molecule has 0 radical (unpaired) electrons. The summed E-state index contributed by atoms with van der Waals surface area (Å²) in [6.45, 7) is 1.54. The average Bonchev–Trinajstić information content (AvgIpc) is 2.93. The fourth-order valence-corrected chi connectivity index (χ4v) is 5.59. The Kier molecular flexibility index (Phi) is 9.38. The molecular formula is C30H27Cl2NO9. The Morgan fingerprint density at radius 1 is 0.833 bits per heavy atom. The third-order valence-electron chi connectivity index (χ3n) is 7.49. The number of benzene rings is 3. The van der Waals surface area contributed by atoms with Gasteiger partial charge in [-0.3, -0.25) is 19.2 Å². The summed E-state index contributed by atoms with van der Waals surface area (Å²) in [6.07, 6.45) is -0.911. The van der Waals surface area contributed by atoms with E-state index < -0.39 is 65.6 Å². The van der Waals surface area contributed by atoms with Crippen LogP contribution in [-0.4, -0.2) is 59.3 Å². The number of fused-ring (bicyclic) bond motifs is 1. The molecule has 0 aliphatic heterocycles. The van der Waals surface area contributed by atoms with Gasteiger partial charge in [0.15, 0.2) is 0 Å². The zero-order valence-electron chi connectivity index (χ0n) is 22.5. The molecular weight excluding hydrogens is 589 g/mol. The van der Waals surface area contributed by atoms with Gasteiger partial charge in [0.05, 0.1) is 52.4 Å². The lowest BCUT2D eigenvalue weighted by Crippen LogP contribution is -2.63. The molecule has 1 amide bonds. The highest BCUT2D eigenvalue weighted by Crippen LogP contribution is 2.47. The predicted octanol–water partition coefficient (Wildman–Crippen LogP) is 4.24. The number of hydrogen-bond donors (Lipinski definition) is 3. The van der Waals surface area contributed by atoms with Crippen molar-refractivity contribution in [1.82, 2.24) is 5.32 Å². The molecule has 0 bridgehead atoms. The molecule has 3 aromatic rings. The van der Waals surface area contributed by atoms with Crippen molar-refractivity contribution in [1.29, 1.82) is 0 Å². The summed E-state index contributed by atoms with van der Waals surface area (Å²) < 4.78 is 10.4. The molecule has 4 atom stereocenters. The molecule has 1 aliphatic rings. The number of halogens is 2. The number of carboxylic acids is 2. The van der Waals surface area contributed by atoms with Crippen LogP contribution in [-0.2, 0) is 35.1 Å². The van der Waals surface area contributed by atoms with E-state index in [0.717, 1.165) is 17.9 Å². The van der Waals surface area contributed by atoms with E-state index in [2.05, 4.69) is 10.1 Å². The number of esters is 2. The highest BCUT2D eigenvalue weighted by molar-refractivity contribution is 6.42. The monoisotopic (exact) mass is 615 g/mol. The Morgan fingerprint density at radius 2 is 1.48 bits per heavy atom. The van der Waals surface area contributed by atoms with Gasteiger partial charge in [0, 0.05) is 6.42 Å². The van der Waals surface area contributed by atoms with Crippen molar-refractivity contribution in [3.05, 3.63) is 81.8 Å². The lowest BCUT2D eigenvalue weighted by Gasteiger charge is -2.45. The van der Waals surface area contributed by atoms with Crippen LogP contribution in [0.1, 0.15) is 22.8 Å². The summed E-state index contributed by atoms with van der Waals surface area (Å²) in [5, 5.41) is 24.3. The third-order valence-corrected chi connectivity index (χ3v) is 8.23. The summed E-state index contributed by atoms with van der Waals surface area (Å²) in [6, 6.07) is 16.4. The summed E-state index contributed by atoms with van der Waals surface area (Å²) in [7, 11) is 1.01. The molecule has 10 nitrogen and oxygen atoms in total. The number of carboxylic acid groups (broad SMARTS) is 2. The maximum atomic E-state index is 13.3. The highest BCUT2D eigenvalue weighted by Gasteiger charge is 2.64. The fraction of sp³-hybridized carbons (Fsp3) is 0.300. The van der Waals surface area contributed by atoms with Gasteiger partial charge in [0.1, 0.15) is 6.10 Å². The lowest BCUT2D eigenvalue weighted by atomic mass is 9.56. The molecule has 0 saturated heterocycles. The Morgan fingerprint density at radius 3 is 2.07 bits per heavy atom. The van der Waals surface area contributed by atoms with Crippen LogP contribution in [0.25, 0.3) is 10.8 Å². The van der Waals surface area contributed by atoms with Crippen molar-refractivity contribution in [2.45, 2.75) is 25.5 Å². The van der Waals surface area contributed by atoms with Crippen LogP contribution in [0, 0.1) is 23.7 Å². The zero-order chi connectivity index (χ0) is 30.7. The summed E-state index contributed by atoms with van der Waals surface area (Å²) >= 11 is 12.2. The molecule has 2 unspecified atom stereocenters. The number of carbonyl (C=O) groups excluding carboxylic acids is 3. The quantitative estimate of drug-likeness (QED) is 0.284. The van der Waals surface area contributed by atoms with Crippen molar-refractivity contribution < 1.29 is 43.7 Å². The maximum Gasteiger partial charge on any atom is 0.338 e. The molecule has 42 heavy (non-hydrogen) atoms. The molecule has 0 spiro atoms. The standard InChI is InChI=1S/C30H27Cl2NO9/c1-14(33-26(34)22-23(27(35)36)25(30(40)41-2)24(22)28(37)38)21(12-15-7-10-19(31)20(32)11-15)42-29(39)18-9-8-16-5-3-4-6-17(16)13-18/h3-11,13-14,21-25H,12H2,1-2H3,(H,33,34)(H,35,36)(H,37,38)/t14?,21?,22-,23-,24-,25-/m1/s1. The van der Waals surface area contributed by atoms with Gasteiger partial charge >= 0.3 is 23.9 Å². The molecule has 1 saturated carbocycles. The van der Waals surface area contributed by atoms with Crippen molar-refractivity contribution in [3.63, 3.8) is 0 Å². The van der Waals surface area contributed by atoms with Gasteiger partial charge in [-0.2, -0.15) is 0 Å². The SMILES string of the molecule is COC(=O)[C@H]1[C@H](C(=O)O)[C@H](C(=O)NC(C)C(Cc2ccc(Cl)c(Cl)c2)OC(=O)c2ccc3ccccc3c2)[C@H]1C(=O)O. The Labute approximate surface area is 250 Å². The van der Waals surface area contributed by atoms with Crippen molar-refractivity contribution in [2.75, 3.05) is 7.11 Å². The van der Waals surface area contributed by atoms with E-state index >= 15 is 0 Å². The number of hydrogen-bond acceptors (Lipinski definition) is 7. The van der Waals surface area contributed by atoms with Crippen LogP contribution in [0.2, 0.25) is 10.0 Å². The Hall–Kier alpha value is -4.15. The topological polar surface area (TPSA) is 156 Å². The van der Waals surface area contributed by atoms with Crippen LogP contribution < -0.4 is 5.32 Å². The molecule has 3 N–H and O–H groups in total. The number of aliphatic carboxylic acids is 2. The van der Waals surface area contributed by atoms with Crippen LogP contribution in [0.15, 0.2) is 60.7 Å². The Bertz CT molecular complexity index is 1540. The van der Waals surface area contributed by atoms with E-state index in [1.54, 1.807) is 36.4 Å². The number of amides is 1. The van der Waals surface area contributed by atoms with Gasteiger partial charge < -0.3 is 25.0 Å². The number of nitrogens with one attached hydrogen (secondary N) is 1. The second-order valence-corrected chi connectivity index (χ2v) is 10.9. The van der Waals surface area contributed by atoms with E-state index in [4.69, 9.17) is 27.9 Å². The fourth-order valence-electron chi connectivity index (χ4n) is 5.27. The van der Waals surface area contributed by atoms with Crippen LogP contribution in [0.5, 0.6) is 0 Å². The van der Waals surface area contributed by atoms with E-state index in [9.17, 15) is 34.2 Å². The predicted molar refractivity (Wildman–Crippen MR) is 152 cm³/mol. The van der Waals surface area contributed by atoms with E-state index in [0.29, 0.717) is 10.6 Å². The molecule has 4 rings (SSSR count).